The zero-order valence-corrected chi connectivity index (χ0v) is 15.3. The van der Waals surface area contributed by atoms with Crippen LogP contribution in [0.1, 0.15) is 24.0 Å². The van der Waals surface area contributed by atoms with E-state index >= 15 is 0 Å². The summed E-state index contributed by atoms with van der Waals surface area (Å²) in [5.74, 6) is 1.95. The highest BCUT2D eigenvalue weighted by atomic mass is 16.2. The zero-order valence-electron chi connectivity index (χ0n) is 15.3. The predicted octanol–water partition coefficient (Wildman–Crippen LogP) is 5.24. The summed E-state index contributed by atoms with van der Waals surface area (Å²) in [6, 6.07) is 18.2. The zero-order chi connectivity index (χ0) is 17.9. The van der Waals surface area contributed by atoms with Crippen LogP contribution < -0.4 is 5.32 Å². The van der Waals surface area contributed by atoms with Crippen LogP contribution in [-0.2, 0) is 6.54 Å². The molecule has 0 aromatic heterocycles. The van der Waals surface area contributed by atoms with Gasteiger partial charge in [0, 0.05) is 18.8 Å². The van der Waals surface area contributed by atoms with E-state index in [2.05, 4.69) is 36.5 Å². The molecule has 1 saturated carbocycles. The lowest BCUT2D eigenvalue weighted by Crippen LogP contribution is -2.39. The third kappa shape index (κ3) is 3.82. The minimum atomic E-state index is -0.00976. The van der Waals surface area contributed by atoms with E-state index in [1.165, 1.54) is 24.0 Å². The number of hydrogen-bond acceptors (Lipinski definition) is 1. The topological polar surface area (TPSA) is 32.3 Å². The molecule has 2 aliphatic rings. The molecule has 2 amide bonds. The second-order valence-corrected chi connectivity index (χ2v) is 7.70. The summed E-state index contributed by atoms with van der Waals surface area (Å²) in [4.78, 5) is 15.0. The Morgan fingerprint density at radius 2 is 1.81 bits per heavy atom. The van der Waals surface area contributed by atoms with E-state index in [4.69, 9.17) is 0 Å². The summed E-state index contributed by atoms with van der Waals surface area (Å²) < 4.78 is 0. The monoisotopic (exact) mass is 346 g/mol. The largest absolute Gasteiger partial charge is 0.322 e. The Hall–Kier alpha value is -2.55. The Labute approximate surface area is 155 Å². The first-order valence-corrected chi connectivity index (χ1v) is 9.52. The molecule has 4 rings (SSSR count). The number of carbonyl (C=O) groups excluding carboxylic acids is 1. The summed E-state index contributed by atoms with van der Waals surface area (Å²) in [7, 11) is 0. The fourth-order valence-corrected chi connectivity index (χ4v) is 4.25. The van der Waals surface area contributed by atoms with Gasteiger partial charge in [0.05, 0.1) is 0 Å². The summed E-state index contributed by atoms with van der Waals surface area (Å²) in [5, 5.41) is 3.08. The molecule has 0 aliphatic heterocycles. The molecular formula is C23H26N2O. The van der Waals surface area contributed by atoms with Crippen LogP contribution in [0.15, 0.2) is 66.7 Å². The Morgan fingerprint density at radius 1 is 1.04 bits per heavy atom. The molecule has 1 fully saturated rings. The van der Waals surface area contributed by atoms with Crippen LogP contribution in [0.5, 0.6) is 0 Å². The lowest BCUT2D eigenvalue weighted by Gasteiger charge is -2.29. The van der Waals surface area contributed by atoms with Crippen molar-refractivity contribution in [1.82, 2.24) is 4.90 Å². The standard InChI is InChI=1S/C23H26N2O/c1-17-7-11-22(12-8-17)24-23(26)25(15-18-5-3-2-4-6-18)16-21-14-19-9-10-20(21)13-19/h2-12,19-21H,13-16H2,1H3,(H,24,26). The molecule has 0 radical (unpaired) electrons. The number of fused-ring (bicyclic) bond motifs is 2. The van der Waals surface area contributed by atoms with Gasteiger partial charge in [-0.15, -0.1) is 0 Å². The number of nitrogens with one attached hydrogen (secondary N) is 1. The number of amides is 2. The Morgan fingerprint density at radius 3 is 2.46 bits per heavy atom. The van der Waals surface area contributed by atoms with E-state index in [0.717, 1.165) is 18.2 Å². The highest BCUT2D eigenvalue weighted by Gasteiger charge is 2.37. The smallest absolute Gasteiger partial charge is 0.320 e. The van der Waals surface area contributed by atoms with Gasteiger partial charge in [0.25, 0.3) is 0 Å². The first-order chi connectivity index (χ1) is 12.7. The molecule has 2 bridgehead atoms. The van der Waals surface area contributed by atoms with Crippen LogP contribution in [0.25, 0.3) is 0 Å². The minimum absolute atomic E-state index is 0.00976. The summed E-state index contributed by atoms with van der Waals surface area (Å²) in [6.07, 6.45) is 7.19. The average molecular weight is 346 g/mol. The molecule has 2 aliphatic carbocycles. The first kappa shape index (κ1) is 16.9. The van der Waals surface area contributed by atoms with Crippen molar-refractivity contribution in [2.24, 2.45) is 17.8 Å². The fraction of sp³-hybridized carbons (Fsp3) is 0.348. The third-order valence-corrected chi connectivity index (χ3v) is 5.68. The van der Waals surface area contributed by atoms with Crippen molar-refractivity contribution in [3.05, 3.63) is 77.9 Å². The van der Waals surface area contributed by atoms with Crippen LogP contribution in [0.4, 0.5) is 10.5 Å². The molecule has 2 aromatic rings. The van der Waals surface area contributed by atoms with Crippen LogP contribution >= 0.6 is 0 Å². The molecule has 2 aromatic carbocycles. The molecule has 3 unspecified atom stereocenters. The van der Waals surface area contributed by atoms with Gasteiger partial charge >= 0.3 is 6.03 Å². The third-order valence-electron chi connectivity index (χ3n) is 5.68. The number of allylic oxidation sites excluding steroid dienone is 2. The molecule has 3 atom stereocenters. The van der Waals surface area contributed by atoms with Crippen LogP contribution in [0.2, 0.25) is 0 Å². The lowest BCUT2D eigenvalue weighted by molar-refractivity contribution is 0.192. The van der Waals surface area contributed by atoms with Gasteiger partial charge in [0.1, 0.15) is 0 Å². The number of benzene rings is 2. The van der Waals surface area contributed by atoms with Crippen molar-refractivity contribution < 1.29 is 4.79 Å². The highest BCUT2D eigenvalue weighted by Crippen LogP contribution is 2.43. The highest BCUT2D eigenvalue weighted by molar-refractivity contribution is 5.89. The number of anilines is 1. The van der Waals surface area contributed by atoms with Gasteiger partial charge in [0.2, 0.25) is 0 Å². The SMILES string of the molecule is Cc1ccc(NC(=O)N(Cc2ccccc2)CC2CC3C=CC2C3)cc1. The van der Waals surface area contributed by atoms with Gasteiger partial charge < -0.3 is 10.2 Å². The molecule has 0 heterocycles. The van der Waals surface area contributed by atoms with Crippen molar-refractivity contribution in [3.63, 3.8) is 0 Å². The molecule has 1 N–H and O–H groups in total. The van der Waals surface area contributed by atoms with E-state index in [0.29, 0.717) is 18.4 Å². The second-order valence-electron chi connectivity index (χ2n) is 7.70. The van der Waals surface area contributed by atoms with Crippen molar-refractivity contribution in [2.45, 2.75) is 26.3 Å². The van der Waals surface area contributed by atoms with Crippen LogP contribution in [-0.4, -0.2) is 17.5 Å². The molecule has 0 saturated heterocycles. The summed E-state index contributed by atoms with van der Waals surface area (Å²) in [6.45, 7) is 3.52. The molecule has 0 spiro atoms. The van der Waals surface area contributed by atoms with E-state index in [9.17, 15) is 4.79 Å². The van der Waals surface area contributed by atoms with Crippen LogP contribution in [0.3, 0.4) is 0 Å². The maximum absolute atomic E-state index is 13.0. The number of urea groups is 1. The summed E-state index contributed by atoms with van der Waals surface area (Å²) in [5.41, 5.74) is 3.22. The number of hydrogen-bond donors (Lipinski definition) is 1. The normalized spacial score (nSPS) is 23.2. The molecular weight excluding hydrogens is 320 g/mol. The van der Waals surface area contributed by atoms with Crippen molar-refractivity contribution >= 4 is 11.7 Å². The maximum Gasteiger partial charge on any atom is 0.322 e. The van der Waals surface area contributed by atoms with E-state index in [1.807, 2.05) is 47.4 Å². The van der Waals surface area contributed by atoms with Crippen molar-refractivity contribution in [2.75, 3.05) is 11.9 Å². The van der Waals surface area contributed by atoms with Gasteiger partial charge in [-0.3, -0.25) is 0 Å². The van der Waals surface area contributed by atoms with Crippen molar-refractivity contribution in [3.8, 4) is 0 Å². The number of nitrogens with zero attached hydrogens (tertiary/aromatic N) is 1. The quantitative estimate of drug-likeness (QED) is 0.738. The van der Waals surface area contributed by atoms with Gasteiger partial charge in [-0.1, -0.05) is 60.2 Å². The lowest BCUT2D eigenvalue weighted by atomic mass is 9.93. The molecule has 26 heavy (non-hydrogen) atoms. The van der Waals surface area contributed by atoms with Gasteiger partial charge in [0.15, 0.2) is 0 Å². The Kier molecular flexibility index (Phi) is 4.79. The van der Waals surface area contributed by atoms with Crippen LogP contribution in [0, 0.1) is 24.7 Å². The van der Waals surface area contributed by atoms with Crippen molar-refractivity contribution in [1.29, 1.82) is 0 Å². The number of carbonyl (C=O) groups is 1. The minimum Gasteiger partial charge on any atom is -0.320 e. The van der Waals surface area contributed by atoms with Gasteiger partial charge in [-0.25, -0.2) is 4.79 Å². The van der Waals surface area contributed by atoms with Gasteiger partial charge in [-0.2, -0.15) is 0 Å². The number of rotatable bonds is 5. The average Bonchev–Trinajstić information content (AvgIpc) is 3.27. The maximum atomic E-state index is 13.0. The fourth-order valence-electron chi connectivity index (χ4n) is 4.25. The number of aryl methyl sites for hydroxylation is 1. The Bertz CT molecular complexity index is 782. The van der Waals surface area contributed by atoms with E-state index < -0.39 is 0 Å². The molecule has 3 heteroatoms. The van der Waals surface area contributed by atoms with Gasteiger partial charge in [-0.05, 0) is 55.2 Å². The summed E-state index contributed by atoms with van der Waals surface area (Å²) >= 11 is 0. The second kappa shape index (κ2) is 7.36. The van der Waals surface area contributed by atoms with E-state index in [-0.39, 0.29) is 6.03 Å². The van der Waals surface area contributed by atoms with E-state index in [1.54, 1.807) is 0 Å². The first-order valence-electron chi connectivity index (χ1n) is 9.52. The Balaban J connectivity index is 1.48. The molecule has 3 nitrogen and oxygen atoms in total. The molecule has 134 valence electrons. The predicted molar refractivity (Wildman–Crippen MR) is 106 cm³/mol.